The number of carbonyl (C=O) groups excluding carboxylic acids is 1. The Kier molecular flexibility index (Phi) is 5.07. The molecule has 0 aliphatic carbocycles. The Morgan fingerprint density at radius 3 is 2.13 bits per heavy atom. The van der Waals surface area contributed by atoms with Gasteiger partial charge in [-0.3, -0.25) is 4.79 Å². The van der Waals surface area contributed by atoms with Gasteiger partial charge in [-0.2, -0.15) is 4.72 Å². The molecule has 0 heterocycles. The molecule has 0 unspecified atom stereocenters. The van der Waals surface area contributed by atoms with Crippen molar-refractivity contribution in [2.45, 2.75) is 17.9 Å². The zero-order chi connectivity index (χ0) is 17.0. The first kappa shape index (κ1) is 17.0. The molecule has 0 aliphatic heterocycles. The van der Waals surface area contributed by atoms with E-state index in [2.05, 4.69) is 4.72 Å². The average Bonchev–Trinajstić information content (AvgIpc) is 2.51. The molecule has 8 heteroatoms. The van der Waals surface area contributed by atoms with E-state index < -0.39 is 39.3 Å². The first-order valence-electron chi connectivity index (χ1n) is 6.63. The second kappa shape index (κ2) is 6.84. The lowest BCUT2D eigenvalue weighted by Crippen LogP contribution is -2.41. The van der Waals surface area contributed by atoms with Crippen LogP contribution in [-0.2, 0) is 14.8 Å². The van der Waals surface area contributed by atoms with Crippen molar-refractivity contribution in [1.82, 2.24) is 4.72 Å². The van der Waals surface area contributed by atoms with Gasteiger partial charge in [-0.25, -0.2) is 17.2 Å². The SMILES string of the molecule is C[C@H](NS(=O)(=O)c1ccccc1)C(=O)Nc1c(F)cccc1F. The number of halogens is 2. The van der Waals surface area contributed by atoms with Crippen LogP contribution in [0.2, 0.25) is 0 Å². The number of rotatable bonds is 5. The molecule has 122 valence electrons. The van der Waals surface area contributed by atoms with E-state index in [1.807, 2.05) is 5.32 Å². The number of para-hydroxylation sites is 1. The summed E-state index contributed by atoms with van der Waals surface area (Å²) in [4.78, 5) is 11.9. The van der Waals surface area contributed by atoms with Gasteiger partial charge in [0.15, 0.2) is 0 Å². The molecule has 0 saturated carbocycles. The summed E-state index contributed by atoms with van der Waals surface area (Å²) in [6, 6.07) is 9.35. The van der Waals surface area contributed by atoms with E-state index in [0.29, 0.717) is 0 Å². The van der Waals surface area contributed by atoms with Crippen molar-refractivity contribution in [2.75, 3.05) is 5.32 Å². The lowest BCUT2D eigenvalue weighted by atomic mass is 10.2. The first-order valence-corrected chi connectivity index (χ1v) is 8.12. The van der Waals surface area contributed by atoms with Crippen molar-refractivity contribution in [3.05, 3.63) is 60.2 Å². The second-order valence-corrected chi connectivity index (χ2v) is 6.46. The highest BCUT2D eigenvalue weighted by Crippen LogP contribution is 2.18. The molecule has 0 bridgehead atoms. The number of hydrogen-bond donors (Lipinski definition) is 2. The van der Waals surface area contributed by atoms with Crippen LogP contribution in [-0.4, -0.2) is 20.4 Å². The number of amides is 1. The largest absolute Gasteiger partial charge is 0.320 e. The maximum Gasteiger partial charge on any atom is 0.242 e. The molecule has 0 radical (unpaired) electrons. The molecular formula is C15H14F2N2O3S. The minimum absolute atomic E-state index is 0.0169. The Balaban J connectivity index is 2.12. The third-order valence-corrected chi connectivity index (χ3v) is 4.55. The Morgan fingerprint density at radius 1 is 1.00 bits per heavy atom. The predicted molar refractivity (Wildman–Crippen MR) is 81.2 cm³/mol. The van der Waals surface area contributed by atoms with Crippen LogP contribution in [0, 0.1) is 11.6 Å². The fourth-order valence-electron chi connectivity index (χ4n) is 1.80. The van der Waals surface area contributed by atoms with Crippen molar-refractivity contribution in [1.29, 1.82) is 0 Å². The summed E-state index contributed by atoms with van der Waals surface area (Å²) in [5, 5.41) is 2.04. The number of anilines is 1. The topological polar surface area (TPSA) is 75.3 Å². The number of hydrogen-bond acceptors (Lipinski definition) is 3. The molecular weight excluding hydrogens is 326 g/mol. The molecule has 0 aromatic heterocycles. The molecule has 0 fully saturated rings. The van der Waals surface area contributed by atoms with Gasteiger partial charge in [0.2, 0.25) is 15.9 Å². The maximum absolute atomic E-state index is 13.5. The molecule has 2 aromatic rings. The standard InChI is InChI=1S/C15H14F2N2O3S/c1-10(19-23(21,22)11-6-3-2-4-7-11)15(20)18-14-12(16)8-5-9-13(14)17/h2-10,19H,1H3,(H,18,20)/t10-/m0/s1. The number of nitrogens with one attached hydrogen (secondary N) is 2. The summed E-state index contributed by atoms with van der Waals surface area (Å²) in [6.45, 7) is 1.27. The van der Waals surface area contributed by atoms with Gasteiger partial charge in [-0.15, -0.1) is 0 Å². The number of carbonyl (C=O) groups is 1. The molecule has 0 saturated heterocycles. The molecule has 1 amide bonds. The van der Waals surface area contributed by atoms with Crippen molar-refractivity contribution in [3.63, 3.8) is 0 Å². The Labute approximate surface area is 132 Å². The van der Waals surface area contributed by atoms with Crippen LogP contribution in [0.25, 0.3) is 0 Å². The fourth-order valence-corrected chi connectivity index (χ4v) is 3.03. The van der Waals surface area contributed by atoms with E-state index in [-0.39, 0.29) is 4.90 Å². The summed E-state index contributed by atoms with van der Waals surface area (Å²) < 4.78 is 53.3. The highest BCUT2D eigenvalue weighted by Gasteiger charge is 2.23. The van der Waals surface area contributed by atoms with Gasteiger partial charge in [-0.1, -0.05) is 24.3 Å². The molecule has 23 heavy (non-hydrogen) atoms. The third kappa shape index (κ3) is 4.11. The Bertz CT molecular complexity index is 790. The van der Waals surface area contributed by atoms with Crippen LogP contribution in [0.15, 0.2) is 53.4 Å². The van der Waals surface area contributed by atoms with Gasteiger partial charge < -0.3 is 5.32 Å². The predicted octanol–water partition coefficient (Wildman–Crippen LogP) is 2.27. The minimum atomic E-state index is -3.92. The Hall–Kier alpha value is -2.32. The van der Waals surface area contributed by atoms with Crippen molar-refractivity contribution in [2.24, 2.45) is 0 Å². The van der Waals surface area contributed by atoms with E-state index in [1.54, 1.807) is 6.07 Å². The quantitative estimate of drug-likeness (QED) is 0.877. The van der Waals surface area contributed by atoms with Gasteiger partial charge in [0.25, 0.3) is 0 Å². The summed E-state index contributed by atoms with van der Waals surface area (Å²) in [5.74, 6) is -2.78. The minimum Gasteiger partial charge on any atom is -0.320 e. The van der Waals surface area contributed by atoms with Gasteiger partial charge in [0.1, 0.15) is 17.3 Å². The zero-order valence-electron chi connectivity index (χ0n) is 12.1. The van der Waals surface area contributed by atoms with Crippen LogP contribution in [0.5, 0.6) is 0 Å². The monoisotopic (exact) mass is 340 g/mol. The molecule has 2 N–H and O–H groups in total. The van der Waals surface area contributed by atoms with Crippen molar-refractivity contribution >= 4 is 21.6 Å². The summed E-state index contributed by atoms with van der Waals surface area (Å²) in [5.41, 5.74) is -0.622. The van der Waals surface area contributed by atoms with Gasteiger partial charge in [0.05, 0.1) is 10.9 Å². The van der Waals surface area contributed by atoms with Crippen LogP contribution in [0.3, 0.4) is 0 Å². The number of benzene rings is 2. The van der Waals surface area contributed by atoms with Crippen LogP contribution in [0.4, 0.5) is 14.5 Å². The summed E-state index contributed by atoms with van der Waals surface area (Å²) in [7, 11) is -3.92. The molecule has 1 atom stereocenters. The third-order valence-electron chi connectivity index (χ3n) is 2.99. The van der Waals surface area contributed by atoms with Crippen molar-refractivity contribution in [3.8, 4) is 0 Å². The van der Waals surface area contributed by atoms with E-state index in [0.717, 1.165) is 18.2 Å². The number of sulfonamides is 1. The summed E-state index contributed by atoms with van der Waals surface area (Å²) in [6.07, 6.45) is 0. The first-order chi connectivity index (χ1) is 10.8. The zero-order valence-corrected chi connectivity index (χ0v) is 12.9. The van der Waals surface area contributed by atoms with E-state index in [1.165, 1.54) is 31.2 Å². The molecule has 5 nitrogen and oxygen atoms in total. The summed E-state index contributed by atoms with van der Waals surface area (Å²) >= 11 is 0. The normalized spacial score (nSPS) is 12.7. The second-order valence-electron chi connectivity index (χ2n) is 4.74. The lowest BCUT2D eigenvalue weighted by Gasteiger charge is -2.15. The van der Waals surface area contributed by atoms with Gasteiger partial charge in [-0.05, 0) is 31.2 Å². The highest BCUT2D eigenvalue weighted by atomic mass is 32.2. The highest BCUT2D eigenvalue weighted by molar-refractivity contribution is 7.89. The molecule has 2 rings (SSSR count). The van der Waals surface area contributed by atoms with Gasteiger partial charge in [0, 0.05) is 0 Å². The fraction of sp³-hybridized carbons (Fsp3) is 0.133. The molecule has 0 aliphatic rings. The van der Waals surface area contributed by atoms with Crippen molar-refractivity contribution < 1.29 is 22.0 Å². The van der Waals surface area contributed by atoms with E-state index >= 15 is 0 Å². The molecule has 2 aromatic carbocycles. The van der Waals surface area contributed by atoms with E-state index in [4.69, 9.17) is 0 Å². The van der Waals surface area contributed by atoms with Crippen LogP contribution in [0.1, 0.15) is 6.92 Å². The lowest BCUT2D eigenvalue weighted by molar-refractivity contribution is -0.117. The smallest absolute Gasteiger partial charge is 0.242 e. The maximum atomic E-state index is 13.5. The van der Waals surface area contributed by atoms with E-state index in [9.17, 15) is 22.0 Å². The van der Waals surface area contributed by atoms with Crippen LogP contribution < -0.4 is 10.0 Å². The van der Waals surface area contributed by atoms with Crippen LogP contribution >= 0.6 is 0 Å². The average molecular weight is 340 g/mol. The van der Waals surface area contributed by atoms with Gasteiger partial charge >= 0.3 is 0 Å². The Morgan fingerprint density at radius 2 is 1.57 bits per heavy atom. The molecule has 0 spiro atoms.